The molecule has 0 saturated heterocycles. The van der Waals surface area contributed by atoms with Gasteiger partial charge in [-0.3, -0.25) is 14.9 Å². The maximum atomic E-state index is 11.0. The number of hydrogen-bond donors (Lipinski definition) is 0. The lowest BCUT2D eigenvalue weighted by Crippen LogP contribution is -2.27. The largest absolute Gasteiger partial charge is 0.466 e. The summed E-state index contributed by atoms with van der Waals surface area (Å²) in [7, 11) is 0. The molecule has 0 aliphatic rings. The van der Waals surface area contributed by atoms with Crippen molar-refractivity contribution in [3.8, 4) is 0 Å². The van der Waals surface area contributed by atoms with E-state index in [4.69, 9.17) is 4.74 Å². The highest BCUT2D eigenvalue weighted by Gasteiger charge is 2.28. The molecule has 76 valence electrons. The summed E-state index contributed by atoms with van der Waals surface area (Å²) in [5, 5.41) is 10.2. The van der Waals surface area contributed by atoms with Gasteiger partial charge in [0, 0.05) is 10.3 Å². The van der Waals surface area contributed by atoms with Gasteiger partial charge >= 0.3 is 5.97 Å². The smallest absolute Gasteiger partial charge is 0.306 e. The lowest BCUT2D eigenvalue weighted by Gasteiger charge is -2.17. The molecule has 0 aromatic heterocycles. The Balaban J connectivity index is 4.00. The first-order valence-corrected chi connectivity index (χ1v) is 4.15. The lowest BCUT2D eigenvalue weighted by molar-refractivity contribution is -0.495. The van der Waals surface area contributed by atoms with Gasteiger partial charge in [-0.2, -0.15) is 0 Å². The molecular formula is C8H15NO4. The molecule has 5 heteroatoms. The monoisotopic (exact) mass is 189 g/mol. The van der Waals surface area contributed by atoms with Crippen molar-refractivity contribution < 1.29 is 14.5 Å². The van der Waals surface area contributed by atoms with E-state index in [9.17, 15) is 14.9 Å². The van der Waals surface area contributed by atoms with Gasteiger partial charge in [0.1, 0.15) is 0 Å². The first-order chi connectivity index (χ1) is 5.87. The van der Waals surface area contributed by atoms with Gasteiger partial charge < -0.3 is 4.74 Å². The van der Waals surface area contributed by atoms with E-state index in [0.717, 1.165) is 0 Å². The highest BCUT2D eigenvalue weighted by molar-refractivity contribution is 5.70. The zero-order valence-electron chi connectivity index (χ0n) is 8.20. The second kappa shape index (κ2) is 4.79. The standard InChI is InChI=1S/C8H15NO4/c1-4-13-7(10)5-8(2,3)6-9(11)12/h4-6H2,1-3H3. The maximum Gasteiger partial charge on any atom is 0.306 e. The van der Waals surface area contributed by atoms with Crippen LogP contribution in [0, 0.1) is 15.5 Å². The van der Waals surface area contributed by atoms with Gasteiger partial charge in [-0.15, -0.1) is 0 Å². The maximum absolute atomic E-state index is 11.0. The Morgan fingerprint density at radius 3 is 2.46 bits per heavy atom. The van der Waals surface area contributed by atoms with Crippen molar-refractivity contribution in [1.82, 2.24) is 0 Å². The number of nitro groups is 1. The number of ether oxygens (including phenoxy) is 1. The fraction of sp³-hybridized carbons (Fsp3) is 0.875. The van der Waals surface area contributed by atoms with Crippen LogP contribution in [-0.2, 0) is 9.53 Å². The Kier molecular flexibility index (Phi) is 4.37. The highest BCUT2D eigenvalue weighted by Crippen LogP contribution is 2.20. The van der Waals surface area contributed by atoms with Gasteiger partial charge in [-0.05, 0) is 6.92 Å². The number of esters is 1. The van der Waals surface area contributed by atoms with E-state index in [1.54, 1.807) is 20.8 Å². The summed E-state index contributed by atoms with van der Waals surface area (Å²) in [6.45, 7) is 5.15. The van der Waals surface area contributed by atoms with Crippen LogP contribution in [0.4, 0.5) is 0 Å². The fourth-order valence-electron chi connectivity index (χ4n) is 1.01. The van der Waals surface area contributed by atoms with Crippen LogP contribution < -0.4 is 0 Å². The van der Waals surface area contributed by atoms with Crippen molar-refractivity contribution in [3.63, 3.8) is 0 Å². The van der Waals surface area contributed by atoms with Crippen molar-refractivity contribution in [1.29, 1.82) is 0 Å². The second-order valence-corrected chi connectivity index (χ2v) is 3.64. The predicted octanol–water partition coefficient (Wildman–Crippen LogP) is 1.24. The molecule has 0 aliphatic heterocycles. The molecule has 0 rings (SSSR count). The predicted molar refractivity (Wildman–Crippen MR) is 46.9 cm³/mol. The Labute approximate surface area is 77.2 Å². The first-order valence-electron chi connectivity index (χ1n) is 4.15. The van der Waals surface area contributed by atoms with Gasteiger partial charge in [-0.1, -0.05) is 13.8 Å². The van der Waals surface area contributed by atoms with Gasteiger partial charge in [0.05, 0.1) is 13.0 Å². The van der Waals surface area contributed by atoms with Gasteiger partial charge in [-0.25, -0.2) is 0 Å². The van der Waals surface area contributed by atoms with Crippen molar-refractivity contribution in [2.75, 3.05) is 13.2 Å². The highest BCUT2D eigenvalue weighted by atomic mass is 16.6. The molecule has 0 unspecified atom stereocenters. The van der Waals surface area contributed by atoms with Crippen LogP contribution in [0.3, 0.4) is 0 Å². The van der Waals surface area contributed by atoms with Crippen LogP contribution in [0.1, 0.15) is 27.2 Å². The van der Waals surface area contributed by atoms with Gasteiger partial charge in [0.2, 0.25) is 6.54 Å². The zero-order valence-corrected chi connectivity index (χ0v) is 8.20. The van der Waals surface area contributed by atoms with E-state index >= 15 is 0 Å². The third kappa shape index (κ3) is 6.07. The normalized spacial score (nSPS) is 11.0. The van der Waals surface area contributed by atoms with Gasteiger partial charge in [0.25, 0.3) is 0 Å². The molecule has 0 saturated carbocycles. The summed E-state index contributed by atoms with van der Waals surface area (Å²) in [5.41, 5.74) is -0.629. The number of carbonyl (C=O) groups excluding carboxylic acids is 1. The topological polar surface area (TPSA) is 69.4 Å². The summed E-state index contributed by atoms with van der Waals surface area (Å²) in [5.74, 6) is -0.380. The molecule has 0 amide bonds. The Morgan fingerprint density at radius 2 is 2.08 bits per heavy atom. The quantitative estimate of drug-likeness (QED) is 0.370. The molecule has 0 radical (unpaired) electrons. The SMILES string of the molecule is CCOC(=O)CC(C)(C)C[N+](=O)[O-]. The third-order valence-electron chi connectivity index (χ3n) is 1.49. The average Bonchev–Trinajstić information content (AvgIpc) is 1.81. The Hall–Kier alpha value is -1.13. The van der Waals surface area contributed by atoms with E-state index in [1.165, 1.54) is 0 Å². The molecule has 0 N–H and O–H groups in total. The van der Waals surface area contributed by atoms with Crippen LogP contribution in [0.15, 0.2) is 0 Å². The van der Waals surface area contributed by atoms with Crippen LogP contribution in [0.5, 0.6) is 0 Å². The van der Waals surface area contributed by atoms with E-state index < -0.39 is 10.3 Å². The molecular weight excluding hydrogens is 174 g/mol. The third-order valence-corrected chi connectivity index (χ3v) is 1.49. The van der Waals surface area contributed by atoms with Crippen LogP contribution >= 0.6 is 0 Å². The van der Waals surface area contributed by atoms with Crippen molar-refractivity contribution in [2.24, 2.45) is 5.41 Å². The number of carbonyl (C=O) groups is 1. The van der Waals surface area contributed by atoms with Crippen molar-refractivity contribution in [3.05, 3.63) is 10.1 Å². The molecule has 0 spiro atoms. The molecule has 0 aliphatic carbocycles. The Bertz CT molecular complexity index is 200. The van der Waals surface area contributed by atoms with Gasteiger partial charge in [0.15, 0.2) is 0 Å². The minimum Gasteiger partial charge on any atom is -0.466 e. The van der Waals surface area contributed by atoms with Crippen LogP contribution in [0.2, 0.25) is 0 Å². The van der Waals surface area contributed by atoms with Crippen molar-refractivity contribution >= 4 is 5.97 Å². The molecule has 13 heavy (non-hydrogen) atoms. The average molecular weight is 189 g/mol. The zero-order chi connectivity index (χ0) is 10.5. The van der Waals surface area contributed by atoms with Crippen molar-refractivity contribution in [2.45, 2.75) is 27.2 Å². The van der Waals surface area contributed by atoms with E-state index in [2.05, 4.69) is 0 Å². The summed E-state index contributed by atoms with van der Waals surface area (Å²) >= 11 is 0. The number of rotatable bonds is 5. The summed E-state index contributed by atoms with van der Waals surface area (Å²) in [6.07, 6.45) is 0.0851. The molecule has 0 bridgehead atoms. The lowest BCUT2D eigenvalue weighted by atomic mass is 9.90. The summed E-state index contributed by atoms with van der Waals surface area (Å²) in [4.78, 5) is 20.8. The molecule has 0 heterocycles. The van der Waals surface area contributed by atoms with Crippen LogP contribution in [-0.4, -0.2) is 24.0 Å². The fourth-order valence-corrected chi connectivity index (χ4v) is 1.01. The number of nitrogens with zero attached hydrogens (tertiary/aromatic N) is 1. The molecule has 0 fully saturated rings. The van der Waals surface area contributed by atoms with E-state index in [1.807, 2.05) is 0 Å². The van der Waals surface area contributed by atoms with E-state index in [-0.39, 0.29) is 18.9 Å². The second-order valence-electron chi connectivity index (χ2n) is 3.64. The Morgan fingerprint density at radius 1 is 1.54 bits per heavy atom. The van der Waals surface area contributed by atoms with E-state index in [0.29, 0.717) is 6.61 Å². The summed E-state index contributed by atoms with van der Waals surface area (Å²) < 4.78 is 4.70. The minimum absolute atomic E-state index is 0.0851. The first kappa shape index (κ1) is 11.9. The molecule has 0 aromatic carbocycles. The van der Waals surface area contributed by atoms with Crippen LogP contribution in [0.25, 0.3) is 0 Å². The molecule has 0 atom stereocenters. The molecule has 5 nitrogen and oxygen atoms in total. The molecule has 0 aromatic rings. The minimum atomic E-state index is -0.629. The number of hydrogen-bond acceptors (Lipinski definition) is 4. The summed E-state index contributed by atoms with van der Waals surface area (Å²) in [6, 6.07) is 0.